The van der Waals surface area contributed by atoms with E-state index in [9.17, 15) is 0 Å². The van der Waals surface area contributed by atoms with Crippen LogP contribution in [0.1, 0.15) is 53.2 Å². The molecular formula is C20H39IN6O. The summed E-state index contributed by atoms with van der Waals surface area (Å²) in [4.78, 5) is 14.0. The van der Waals surface area contributed by atoms with E-state index in [4.69, 9.17) is 4.42 Å². The number of oxazole rings is 1. The van der Waals surface area contributed by atoms with Gasteiger partial charge in [-0.3, -0.25) is 4.90 Å². The smallest absolute Gasteiger partial charge is 0.216 e. The first-order valence-corrected chi connectivity index (χ1v) is 10.3. The molecule has 1 aliphatic rings. The van der Waals surface area contributed by atoms with Gasteiger partial charge in [-0.1, -0.05) is 27.7 Å². The second kappa shape index (κ2) is 12.0. The summed E-state index contributed by atoms with van der Waals surface area (Å²) in [6.45, 7) is 20.8. The summed E-state index contributed by atoms with van der Waals surface area (Å²) in [5, 5.41) is 6.77. The van der Waals surface area contributed by atoms with Crippen LogP contribution in [0.2, 0.25) is 0 Å². The Balaban J connectivity index is 0.00000392. The van der Waals surface area contributed by atoms with Crippen LogP contribution in [-0.4, -0.2) is 72.6 Å². The van der Waals surface area contributed by atoms with Crippen molar-refractivity contribution in [3.05, 3.63) is 17.8 Å². The summed E-state index contributed by atoms with van der Waals surface area (Å²) in [5.74, 6) is 2.36. The number of hydrogen-bond acceptors (Lipinski definition) is 5. The highest BCUT2D eigenvalue weighted by molar-refractivity contribution is 14.0. The van der Waals surface area contributed by atoms with Gasteiger partial charge >= 0.3 is 0 Å². The monoisotopic (exact) mass is 506 g/mol. The van der Waals surface area contributed by atoms with E-state index in [0.29, 0.717) is 18.5 Å². The largest absolute Gasteiger partial charge is 0.443 e. The zero-order chi connectivity index (χ0) is 19.9. The van der Waals surface area contributed by atoms with Crippen molar-refractivity contribution in [1.29, 1.82) is 0 Å². The summed E-state index contributed by atoms with van der Waals surface area (Å²) in [7, 11) is 0. The molecule has 2 heterocycles. The number of aromatic nitrogens is 1. The Morgan fingerprint density at radius 2 is 1.89 bits per heavy atom. The van der Waals surface area contributed by atoms with E-state index in [1.807, 2.05) is 6.20 Å². The molecule has 0 radical (unpaired) electrons. The molecule has 2 N–H and O–H groups in total. The van der Waals surface area contributed by atoms with Gasteiger partial charge in [0.25, 0.3) is 0 Å². The fraction of sp³-hybridized carbons (Fsp3) is 0.800. The van der Waals surface area contributed by atoms with Crippen LogP contribution < -0.4 is 10.6 Å². The van der Waals surface area contributed by atoms with Crippen LogP contribution in [0.25, 0.3) is 0 Å². The first-order chi connectivity index (χ1) is 12.8. The van der Waals surface area contributed by atoms with Crippen LogP contribution in [0.15, 0.2) is 15.6 Å². The standard InChI is InChI=1S/C20H38N6O.HI/c1-7-21-19(24-15-18-22-14-17(27-18)20(4,5)6)23-13-16(3)26-11-9-25(8-2)10-12-26;/h14,16H,7-13,15H2,1-6H3,(H2,21,23,24);1H. The molecule has 28 heavy (non-hydrogen) atoms. The molecular weight excluding hydrogens is 467 g/mol. The van der Waals surface area contributed by atoms with Crippen LogP contribution >= 0.6 is 24.0 Å². The molecule has 1 atom stereocenters. The Morgan fingerprint density at radius 3 is 2.43 bits per heavy atom. The van der Waals surface area contributed by atoms with Crippen molar-refractivity contribution in [3.63, 3.8) is 0 Å². The molecule has 7 nitrogen and oxygen atoms in total. The fourth-order valence-electron chi connectivity index (χ4n) is 3.11. The number of guanidine groups is 1. The summed E-state index contributed by atoms with van der Waals surface area (Å²) in [5.41, 5.74) is -0.0328. The Hall–Kier alpha value is -0.870. The average molecular weight is 506 g/mol. The van der Waals surface area contributed by atoms with E-state index >= 15 is 0 Å². The van der Waals surface area contributed by atoms with Gasteiger partial charge in [0, 0.05) is 50.7 Å². The molecule has 0 amide bonds. The first kappa shape index (κ1) is 25.2. The molecule has 1 aromatic heterocycles. The molecule has 1 saturated heterocycles. The molecule has 162 valence electrons. The predicted octanol–water partition coefficient (Wildman–Crippen LogP) is 2.67. The number of piperazine rings is 1. The van der Waals surface area contributed by atoms with Gasteiger partial charge in [-0.15, -0.1) is 24.0 Å². The Labute approximate surface area is 187 Å². The lowest BCUT2D eigenvalue weighted by Gasteiger charge is -2.37. The topological polar surface area (TPSA) is 68.9 Å². The Kier molecular flexibility index (Phi) is 10.8. The normalized spacial score (nSPS) is 17.9. The Bertz CT molecular complexity index is 590. The second-order valence-corrected chi connectivity index (χ2v) is 8.26. The minimum atomic E-state index is -0.0328. The van der Waals surface area contributed by atoms with Crippen molar-refractivity contribution >= 4 is 29.9 Å². The third-order valence-electron chi connectivity index (χ3n) is 5.05. The number of nitrogens with zero attached hydrogens (tertiary/aromatic N) is 4. The molecule has 1 fully saturated rings. The molecule has 0 spiro atoms. The van der Waals surface area contributed by atoms with Crippen molar-refractivity contribution in [2.24, 2.45) is 4.99 Å². The average Bonchev–Trinajstić information content (AvgIpc) is 3.13. The van der Waals surface area contributed by atoms with Crippen LogP contribution in [0.4, 0.5) is 0 Å². The van der Waals surface area contributed by atoms with E-state index in [-0.39, 0.29) is 29.4 Å². The van der Waals surface area contributed by atoms with Crippen molar-refractivity contribution in [3.8, 4) is 0 Å². The maximum absolute atomic E-state index is 5.83. The molecule has 1 aromatic rings. The lowest BCUT2D eigenvalue weighted by molar-refractivity contribution is 0.107. The van der Waals surface area contributed by atoms with Crippen molar-refractivity contribution in [2.45, 2.75) is 59.5 Å². The quantitative estimate of drug-likeness (QED) is 0.337. The van der Waals surface area contributed by atoms with E-state index in [1.54, 1.807) is 0 Å². The molecule has 1 unspecified atom stereocenters. The number of aliphatic imine (C=N–C) groups is 1. The number of halogens is 1. The summed E-state index contributed by atoms with van der Waals surface area (Å²) >= 11 is 0. The minimum absolute atomic E-state index is 0. The zero-order valence-electron chi connectivity index (χ0n) is 18.4. The molecule has 0 saturated carbocycles. The summed E-state index contributed by atoms with van der Waals surface area (Å²) in [6, 6.07) is 0.474. The molecule has 0 aromatic carbocycles. The van der Waals surface area contributed by atoms with Gasteiger partial charge in [0.05, 0.1) is 6.20 Å². The van der Waals surface area contributed by atoms with Gasteiger partial charge in [-0.2, -0.15) is 0 Å². The first-order valence-electron chi connectivity index (χ1n) is 10.3. The zero-order valence-corrected chi connectivity index (χ0v) is 20.7. The van der Waals surface area contributed by atoms with Gasteiger partial charge in [0.15, 0.2) is 5.96 Å². The number of rotatable bonds is 7. The highest BCUT2D eigenvalue weighted by atomic mass is 127. The third-order valence-corrected chi connectivity index (χ3v) is 5.05. The second-order valence-electron chi connectivity index (χ2n) is 8.26. The molecule has 0 aliphatic carbocycles. The van der Waals surface area contributed by atoms with Crippen molar-refractivity contribution < 1.29 is 4.42 Å². The van der Waals surface area contributed by atoms with Gasteiger partial charge in [0.1, 0.15) is 12.3 Å². The highest BCUT2D eigenvalue weighted by Crippen LogP contribution is 2.22. The van der Waals surface area contributed by atoms with E-state index in [0.717, 1.165) is 57.5 Å². The molecule has 2 rings (SSSR count). The van der Waals surface area contributed by atoms with Gasteiger partial charge in [-0.05, 0) is 20.4 Å². The number of likely N-dealkylation sites (N-methyl/N-ethyl adjacent to an activating group) is 1. The van der Waals surface area contributed by atoms with Crippen LogP contribution in [-0.2, 0) is 12.0 Å². The van der Waals surface area contributed by atoms with Crippen molar-refractivity contribution in [1.82, 2.24) is 25.4 Å². The fourth-order valence-corrected chi connectivity index (χ4v) is 3.11. The lowest BCUT2D eigenvalue weighted by atomic mass is 9.94. The molecule has 1 aliphatic heterocycles. The highest BCUT2D eigenvalue weighted by Gasteiger charge is 2.21. The van der Waals surface area contributed by atoms with Crippen LogP contribution in [0, 0.1) is 0 Å². The van der Waals surface area contributed by atoms with E-state index in [1.165, 1.54) is 0 Å². The Morgan fingerprint density at radius 1 is 1.21 bits per heavy atom. The number of nitrogens with one attached hydrogen (secondary N) is 2. The van der Waals surface area contributed by atoms with Gasteiger partial charge in [0.2, 0.25) is 5.89 Å². The molecule has 8 heteroatoms. The SMILES string of the molecule is CCNC(=NCc1ncc(C(C)(C)C)o1)NCC(C)N1CCN(CC)CC1.I. The van der Waals surface area contributed by atoms with Crippen LogP contribution in [0.5, 0.6) is 0 Å². The third kappa shape index (κ3) is 7.87. The maximum atomic E-state index is 5.83. The van der Waals surface area contributed by atoms with Crippen molar-refractivity contribution in [2.75, 3.05) is 45.8 Å². The van der Waals surface area contributed by atoms with E-state index < -0.39 is 0 Å². The van der Waals surface area contributed by atoms with Crippen LogP contribution in [0.3, 0.4) is 0 Å². The lowest BCUT2D eigenvalue weighted by Crippen LogP contribution is -2.53. The molecule has 0 bridgehead atoms. The van der Waals surface area contributed by atoms with Gasteiger partial charge in [-0.25, -0.2) is 9.98 Å². The summed E-state index contributed by atoms with van der Waals surface area (Å²) in [6.07, 6.45) is 1.81. The van der Waals surface area contributed by atoms with E-state index in [2.05, 4.69) is 72.0 Å². The predicted molar refractivity (Wildman–Crippen MR) is 127 cm³/mol. The number of hydrogen-bond donors (Lipinski definition) is 2. The summed E-state index contributed by atoms with van der Waals surface area (Å²) < 4.78 is 5.83. The van der Waals surface area contributed by atoms with Gasteiger partial charge < -0.3 is 20.0 Å². The maximum Gasteiger partial charge on any atom is 0.216 e. The minimum Gasteiger partial charge on any atom is -0.443 e.